The summed E-state index contributed by atoms with van der Waals surface area (Å²) >= 11 is 4.28. The first-order valence-electron chi connectivity index (χ1n) is 20.9. The van der Waals surface area contributed by atoms with Crippen molar-refractivity contribution in [2.45, 2.75) is 106 Å². The highest BCUT2D eigenvalue weighted by molar-refractivity contribution is 6.07. The number of oxime groups is 1. The molecule has 0 aromatic heterocycles. The molecule has 6 rings (SSSR count). The zero-order valence-corrected chi connectivity index (χ0v) is 40.1. The fourth-order valence-electron chi connectivity index (χ4n) is 7.10. The molecule has 0 aliphatic carbocycles. The SMILES string of the molecule is Cc1cc(C)cc(C(=O)N(NC(=O)c2ccc3c(c2C)O[C@@H](/C=N/O)CO3)C(C)(C)C)c1.Cc1cc(C)cc(C(=O)N(NC(=O)c2ccc3c(c2C)O[C@@H](C=O)CO3)C(C)(C)C)c1.NOCl. The number of hydrogen-bond donors (Lipinski definition) is 4. The fourth-order valence-corrected chi connectivity index (χ4v) is 7.10. The van der Waals surface area contributed by atoms with Crippen LogP contribution in [0.15, 0.2) is 65.8 Å². The molecule has 18 heteroatoms. The van der Waals surface area contributed by atoms with Crippen LogP contribution < -0.4 is 35.7 Å². The largest absolute Gasteiger partial charge is 0.485 e. The molecular weight excluding hydrogens is 872 g/mol. The average molecular weight is 931 g/mol. The van der Waals surface area contributed by atoms with Crippen molar-refractivity contribution in [1.29, 1.82) is 0 Å². The van der Waals surface area contributed by atoms with Crippen LogP contribution in [0.25, 0.3) is 0 Å². The van der Waals surface area contributed by atoms with E-state index in [1.807, 2.05) is 81.4 Å². The lowest BCUT2D eigenvalue weighted by atomic mass is 10.0. The molecule has 66 heavy (non-hydrogen) atoms. The number of nitrogens with zero attached hydrogens (tertiary/aromatic N) is 3. The molecule has 0 saturated heterocycles. The van der Waals surface area contributed by atoms with E-state index in [1.165, 1.54) is 16.2 Å². The van der Waals surface area contributed by atoms with Gasteiger partial charge in [0.15, 0.2) is 41.5 Å². The lowest BCUT2D eigenvalue weighted by Crippen LogP contribution is -2.56. The van der Waals surface area contributed by atoms with Crippen LogP contribution in [0.4, 0.5) is 0 Å². The van der Waals surface area contributed by atoms with Crippen LogP contribution in [0, 0.1) is 41.5 Å². The van der Waals surface area contributed by atoms with Crippen molar-refractivity contribution in [3.63, 3.8) is 0 Å². The van der Waals surface area contributed by atoms with E-state index < -0.39 is 35.1 Å². The molecule has 4 aromatic rings. The number of carbonyl (C=O) groups excluding carboxylic acids is 5. The van der Waals surface area contributed by atoms with Crippen LogP contribution in [-0.2, 0) is 9.18 Å². The highest BCUT2D eigenvalue weighted by atomic mass is 35.5. The number of hydrazine groups is 2. The van der Waals surface area contributed by atoms with Crippen LogP contribution in [0.3, 0.4) is 0 Å². The van der Waals surface area contributed by atoms with Crippen molar-refractivity contribution >= 4 is 48.0 Å². The first kappa shape index (κ1) is 51.9. The van der Waals surface area contributed by atoms with E-state index in [0.29, 0.717) is 62.7 Å². The van der Waals surface area contributed by atoms with Crippen molar-refractivity contribution in [2.24, 2.45) is 11.1 Å². The number of carbonyl (C=O) groups is 5. The number of rotatable bonds is 6. The molecule has 2 atom stereocenters. The van der Waals surface area contributed by atoms with E-state index in [2.05, 4.69) is 38.2 Å². The Labute approximate surface area is 390 Å². The van der Waals surface area contributed by atoms with Gasteiger partial charge in [0, 0.05) is 33.4 Å². The summed E-state index contributed by atoms with van der Waals surface area (Å²) in [7, 11) is 0. The van der Waals surface area contributed by atoms with Gasteiger partial charge in [-0.05, 0) is 132 Å². The van der Waals surface area contributed by atoms with E-state index in [1.54, 1.807) is 62.4 Å². The second-order valence-electron chi connectivity index (χ2n) is 17.8. The van der Waals surface area contributed by atoms with Crippen molar-refractivity contribution in [2.75, 3.05) is 13.2 Å². The molecule has 0 radical (unpaired) electrons. The van der Waals surface area contributed by atoms with Crippen LogP contribution >= 0.6 is 11.9 Å². The molecule has 0 fully saturated rings. The highest BCUT2D eigenvalue weighted by Crippen LogP contribution is 2.38. The number of aryl methyl sites for hydroxylation is 4. The van der Waals surface area contributed by atoms with Crippen molar-refractivity contribution < 1.29 is 52.5 Å². The minimum atomic E-state index is -0.721. The summed E-state index contributed by atoms with van der Waals surface area (Å²) in [6, 6.07) is 17.7. The van der Waals surface area contributed by atoms with Crippen LogP contribution in [-0.4, -0.2) is 87.9 Å². The normalized spacial score (nSPS) is 14.9. The predicted octanol–water partition coefficient (Wildman–Crippen LogP) is 7.36. The van der Waals surface area contributed by atoms with Gasteiger partial charge in [-0.25, -0.2) is 10.0 Å². The van der Waals surface area contributed by atoms with Gasteiger partial charge in [0.1, 0.15) is 13.2 Å². The molecule has 0 unspecified atom stereocenters. The third kappa shape index (κ3) is 13.0. The molecule has 0 spiro atoms. The predicted molar refractivity (Wildman–Crippen MR) is 248 cm³/mol. The number of fused-ring (bicyclic) bond motifs is 2. The van der Waals surface area contributed by atoms with Gasteiger partial charge in [0.25, 0.3) is 23.6 Å². The van der Waals surface area contributed by atoms with Gasteiger partial charge >= 0.3 is 0 Å². The van der Waals surface area contributed by atoms with Gasteiger partial charge in [-0.2, -0.15) is 10.3 Å². The summed E-state index contributed by atoms with van der Waals surface area (Å²) in [5, 5.41) is 14.4. The topological polar surface area (TPSA) is 221 Å². The summed E-state index contributed by atoms with van der Waals surface area (Å²) in [6.07, 6.45) is 0.598. The van der Waals surface area contributed by atoms with Gasteiger partial charge in [-0.15, -0.1) is 0 Å². The Kier molecular flexibility index (Phi) is 17.3. The number of hydrogen-bond acceptors (Lipinski definition) is 13. The van der Waals surface area contributed by atoms with E-state index in [4.69, 9.17) is 24.2 Å². The van der Waals surface area contributed by atoms with Gasteiger partial charge in [-0.1, -0.05) is 39.5 Å². The Morgan fingerprint density at radius 3 is 1.36 bits per heavy atom. The number of amides is 4. The lowest BCUT2D eigenvalue weighted by molar-refractivity contribution is -0.115. The molecule has 5 N–H and O–H groups in total. The summed E-state index contributed by atoms with van der Waals surface area (Å²) < 4.78 is 25.9. The molecule has 2 heterocycles. The molecule has 2 aliphatic rings. The summed E-state index contributed by atoms with van der Waals surface area (Å²) in [5.41, 5.74) is 10.8. The highest BCUT2D eigenvalue weighted by Gasteiger charge is 2.34. The molecule has 354 valence electrons. The van der Waals surface area contributed by atoms with Gasteiger partial charge < -0.3 is 24.2 Å². The molecule has 17 nitrogen and oxygen atoms in total. The number of nitrogens with two attached hydrogens (primary N) is 1. The number of ether oxygens (including phenoxy) is 4. The Morgan fingerprint density at radius 1 is 0.682 bits per heavy atom. The third-order valence-corrected chi connectivity index (χ3v) is 10.1. The summed E-state index contributed by atoms with van der Waals surface area (Å²) in [5.74, 6) is 4.35. The number of nitrogens with one attached hydrogen (secondary N) is 2. The van der Waals surface area contributed by atoms with Crippen molar-refractivity contribution in [3.8, 4) is 23.0 Å². The maximum absolute atomic E-state index is 13.3. The van der Waals surface area contributed by atoms with E-state index in [-0.39, 0.29) is 25.0 Å². The zero-order chi connectivity index (χ0) is 49.3. The van der Waals surface area contributed by atoms with Crippen LogP contribution in [0.5, 0.6) is 23.0 Å². The molecule has 0 bridgehead atoms. The maximum Gasteiger partial charge on any atom is 0.272 e. The van der Waals surface area contributed by atoms with Crippen molar-refractivity contribution in [1.82, 2.24) is 20.9 Å². The fraction of sp³-hybridized carbons (Fsp3) is 0.375. The number of halogens is 1. The monoisotopic (exact) mass is 930 g/mol. The van der Waals surface area contributed by atoms with Gasteiger partial charge in [0.2, 0.25) is 0 Å². The molecule has 4 aromatic carbocycles. The van der Waals surface area contributed by atoms with Crippen molar-refractivity contribution in [3.05, 3.63) is 116 Å². The molecule has 4 amide bonds. The summed E-state index contributed by atoms with van der Waals surface area (Å²) in [4.78, 5) is 64.1. The molecular formula is C48H59ClN6O11. The summed E-state index contributed by atoms with van der Waals surface area (Å²) in [6.45, 7) is 22.6. The van der Waals surface area contributed by atoms with Crippen LogP contribution in [0.1, 0.15) is 116 Å². The Balaban J connectivity index is 0.000000272. The van der Waals surface area contributed by atoms with E-state index >= 15 is 0 Å². The number of aldehydes is 1. The smallest absolute Gasteiger partial charge is 0.272 e. The zero-order valence-electron chi connectivity index (χ0n) is 39.3. The number of benzene rings is 4. The Morgan fingerprint density at radius 2 is 1.03 bits per heavy atom. The Bertz CT molecular complexity index is 2440. The van der Waals surface area contributed by atoms with Gasteiger partial charge in [0.05, 0.1) is 29.2 Å². The second-order valence-corrected chi connectivity index (χ2v) is 18.0. The Hall–Kier alpha value is -6.69. The quantitative estimate of drug-likeness (QED) is 0.0645. The standard InChI is InChI=1S/C24H29N3O5.C24H28N2O5.ClH2NO/c1-14-9-15(2)11-17(10-14)23(29)27(24(4,5)6)26-22(28)19-7-8-20-21(16(19)3)32-18(12-25-30)13-31-20;1-14-9-15(2)11-17(10-14)23(29)26(24(4,5)6)25-22(28)19-7-8-20-21(16(19)3)31-18(12-27)13-30-20;1-3-2/h7-12,18,30H,13H2,1-6H3,(H,26,28);7-12,18H,13H2,1-6H3,(H,25,28);2H2/b25-12+;;/t2*18-;/m00./s1. The third-order valence-electron chi connectivity index (χ3n) is 10.1. The van der Waals surface area contributed by atoms with Crippen LogP contribution in [0.2, 0.25) is 0 Å². The molecule has 0 saturated carbocycles. The minimum Gasteiger partial charge on any atom is -0.485 e. The minimum absolute atomic E-state index is 0.129. The van der Waals surface area contributed by atoms with E-state index in [0.717, 1.165) is 22.3 Å². The lowest BCUT2D eigenvalue weighted by Gasteiger charge is -2.36. The first-order chi connectivity index (χ1) is 30.9. The van der Waals surface area contributed by atoms with E-state index in [9.17, 15) is 24.0 Å². The first-order valence-corrected chi connectivity index (χ1v) is 21.2. The van der Waals surface area contributed by atoms with Gasteiger partial charge in [-0.3, -0.25) is 34.8 Å². The second kappa shape index (κ2) is 22.0. The maximum atomic E-state index is 13.3. The molecule has 2 aliphatic heterocycles. The average Bonchev–Trinajstić information content (AvgIpc) is 3.23.